The van der Waals surface area contributed by atoms with Crippen molar-refractivity contribution < 1.29 is 36.6 Å². The summed E-state index contributed by atoms with van der Waals surface area (Å²) in [7, 11) is 0.215. The number of ether oxygens (including phenoxy) is 3. The molecule has 1 aromatic heterocycles. The third kappa shape index (κ3) is 6.72. The molecule has 0 radical (unpaired) electrons. The highest BCUT2D eigenvalue weighted by molar-refractivity contribution is 7.89. The first kappa shape index (κ1) is 25.2. The maximum Gasteiger partial charge on any atom is 0.325 e. The molecule has 2 rings (SSSR count). The van der Waals surface area contributed by atoms with Crippen LogP contribution >= 0.6 is 0 Å². The average Bonchev–Trinajstić information content (AvgIpc) is 3.21. The number of nitrogens with one attached hydrogen (secondary N) is 1. The van der Waals surface area contributed by atoms with Gasteiger partial charge in [-0.1, -0.05) is 0 Å². The number of carbonyl (C=O) groups is 2. The zero-order valence-electron chi connectivity index (χ0n) is 18.9. The number of furan rings is 1. The molecule has 10 nitrogen and oxygen atoms in total. The fourth-order valence-corrected chi connectivity index (χ4v) is 4.14. The number of esters is 1. The molecule has 1 amide bonds. The average molecular weight is 469 g/mol. The summed E-state index contributed by atoms with van der Waals surface area (Å²) >= 11 is 0. The van der Waals surface area contributed by atoms with Gasteiger partial charge < -0.3 is 23.5 Å². The predicted molar refractivity (Wildman–Crippen MR) is 115 cm³/mol. The van der Waals surface area contributed by atoms with Crippen molar-refractivity contribution in [3.05, 3.63) is 41.7 Å². The first-order valence-electron chi connectivity index (χ1n) is 9.60. The molecule has 0 fully saturated rings. The van der Waals surface area contributed by atoms with Gasteiger partial charge in [0.15, 0.2) is 5.76 Å². The monoisotopic (exact) mass is 468 g/mol. The standard InChI is InChI=1S/C21H28N2O8S/c1-21(2,3)22-32(26,27)19-8-7-17(31-19)20(25)23(13-18(24)30-6)12-14-9-15(28-4)11-16(10-14)29-5/h7-11,22H,12-13H2,1-6H3. The summed E-state index contributed by atoms with van der Waals surface area (Å²) in [6.45, 7) is 4.66. The van der Waals surface area contributed by atoms with E-state index < -0.39 is 32.5 Å². The number of nitrogens with zero attached hydrogens (tertiary/aromatic N) is 1. The largest absolute Gasteiger partial charge is 0.497 e. The van der Waals surface area contributed by atoms with Gasteiger partial charge >= 0.3 is 5.97 Å². The highest BCUT2D eigenvalue weighted by atomic mass is 32.2. The highest BCUT2D eigenvalue weighted by Crippen LogP contribution is 2.24. The van der Waals surface area contributed by atoms with Crippen molar-refractivity contribution in [2.45, 2.75) is 37.9 Å². The van der Waals surface area contributed by atoms with Crippen LogP contribution in [0.2, 0.25) is 0 Å². The van der Waals surface area contributed by atoms with E-state index in [1.54, 1.807) is 39.0 Å². The molecular formula is C21H28N2O8S. The van der Waals surface area contributed by atoms with Crippen LogP contribution in [0.3, 0.4) is 0 Å². The Morgan fingerprint density at radius 2 is 1.62 bits per heavy atom. The summed E-state index contributed by atoms with van der Waals surface area (Å²) in [5.74, 6) is -0.566. The van der Waals surface area contributed by atoms with E-state index in [2.05, 4.69) is 9.46 Å². The molecule has 0 atom stereocenters. The number of hydrogen-bond donors (Lipinski definition) is 1. The van der Waals surface area contributed by atoms with Crippen molar-refractivity contribution in [2.75, 3.05) is 27.9 Å². The van der Waals surface area contributed by atoms with E-state index >= 15 is 0 Å². The Labute approximate surface area is 187 Å². The number of sulfonamides is 1. The van der Waals surface area contributed by atoms with Crippen LogP contribution in [0.15, 0.2) is 39.8 Å². The second-order valence-corrected chi connectivity index (χ2v) is 9.55. The molecule has 176 valence electrons. The molecule has 0 aliphatic carbocycles. The maximum atomic E-state index is 13.1. The van der Waals surface area contributed by atoms with Gasteiger partial charge in [-0.15, -0.1) is 0 Å². The van der Waals surface area contributed by atoms with Gasteiger partial charge in [0, 0.05) is 18.2 Å². The first-order chi connectivity index (χ1) is 14.9. The van der Waals surface area contributed by atoms with E-state index in [9.17, 15) is 18.0 Å². The van der Waals surface area contributed by atoms with Crippen molar-refractivity contribution in [1.82, 2.24) is 9.62 Å². The Kier molecular flexibility index (Phi) is 7.92. The molecule has 0 saturated carbocycles. The van der Waals surface area contributed by atoms with Gasteiger partial charge in [0.25, 0.3) is 15.9 Å². The lowest BCUT2D eigenvalue weighted by Crippen LogP contribution is -2.40. The maximum absolute atomic E-state index is 13.1. The van der Waals surface area contributed by atoms with Gasteiger partial charge in [-0.05, 0) is 50.6 Å². The van der Waals surface area contributed by atoms with E-state index in [0.717, 1.165) is 0 Å². The number of benzene rings is 1. The molecule has 0 bridgehead atoms. The van der Waals surface area contributed by atoms with E-state index in [1.807, 2.05) is 0 Å². The summed E-state index contributed by atoms with van der Waals surface area (Å²) in [6.07, 6.45) is 0. The number of rotatable bonds is 9. The second-order valence-electron chi connectivity index (χ2n) is 7.93. The lowest BCUT2D eigenvalue weighted by atomic mass is 10.1. The van der Waals surface area contributed by atoms with Crippen LogP contribution < -0.4 is 14.2 Å². The Morgan fingerprint density at radius 3 is 2.12 bits per heavy atom. The number of hydrogen-bond acceptors (Lipinski definition) is 8. The second kappa shape index (κ2) is 10.0. The summed E-state index contributed by atoms with van der Waals surface area (Å²) in [5, 5.41) is -0.406. The van der Waals surface area contributed by atoms with Crippen LogP contribution in [0, 0.1) is 0 Å². The van der Waals surface area contributed by atoms with Gasteiger partial charge in [0.05, 0.1) is 21.3 Å². The Bertz CT molecular complexity index is 1050. The molecule has 32 heavy (non-hydrogen) atoms. The molecule has 0 unspecified atom stereocenters. The van der Waals surface area contributed by atoms with Crippen LogP contribution in [-0.4, -0.2) is 58.6 Å². The highest BCUT2D eigenvalue weighted by Gasteiger charge is 2.28. The lowest BCUT2D eigenvalue weighted by Gasteiger charge is -2.21. The molecule has 1 heterocycles. The molecule has 0 saturated heterocycles. The molecule has 1 aromatic carbocycles. The molecular weight excluding hydrogens is 440 g/mol. The molecule has 0 aliphatic rings. The minimum absolute atomic E-state index is 0.00941. The quantitative estimate of drug-likeness (QED) is 0.556. The number of carbonyl (C=O) groups excluding carboxylic acids is 2. The summed E-state index contributed by atoms with van der Waals surface area (Å²) in [6, 6.07) is 7.47. The third-order valence-electron chi connectivity index (χ3n) is 4.12. The smallest absolute Gasteiger partial charge is 0.325 e. The van der Waals surface area contributed by atoms with Crippen LogP contribution in [0.5, 0.6) is 11.5 Å². The van der Waals surface area contributed by atoms with Crippen LogP contribution in [0.25, 0.3) is 0 Å². The lowest BCUT2D eigenvalue weighted by molar-refractivity contribution is -0.141. The Morgan fingerprint density at radius 1 is 1.03 bits per heavy atom. The van der Waals surface area contributed by atoms with E-state index in [-0.39, 0.29) is 18.8 Å². The van der Waals surface area contributed by atoms with Gasteiger partial charge in [0.2, 0.25) is 5.09 Å². The van der Waals surface area contributed by atoms with Gasteiger partial charge in [-0.2, -0.15) is 0 Å². The van der Waals surface area contributed by atoms with Crippen LogP contribution in [0.4, 0.5) is 0 Å². The van der Waals surface area contributed by atoms with E-state index in [0.29, 0.717) is 17.1 Å². The topological polar surface area (TPSA) is 124 Å². The van der Waals surface area contributed by atoms with E-state index in [4.69, 9.17) is 13.9 Å². The fourth-order valence-electron chi connectivity index (χ4n) is 2.79. The summed E-state index contributed by atoms with van der Waals surface area (Å²) in [5.41, 5.74) is -0.120. The van der Waals surface area contributed by atoms with E-state index in [1.165, 1.54) is 38.4 Å². The van der Waals surface area contributed by atoms with Crippen molar-refractivity contribution in [3.63, 3.8) is 0 Å². The zero-order valence-corrected chi connectivity index (χ0v) is 19.7. The predicted octanol–water partition coefficient (Wildman–Crippen LogP) is 2.19. The Hall–Kier alpha value is -3.05. The Balaban J connectivity index is 2.35. The van der Waals surface area contributed by atoms with Crippen molar-refractivity contribution in [3.8, 4) is 11.5 Å². The SMILES string of the molecule is COC(=O)CN(Cc1cc(OC)cc(OC)c1)C(=O)c1ccc(S(=O)(=O)NC(C)(C)C)o1. The van der Waals surface area contributed by atoms with Gasteiger partial charge in [-0.3, -0.25) is 9.59 Å². The van der Waals surface area contributed by atoms with Crippen LogP contribution in [0.1, 0.15) is 36.9 Å². The number of methoxy groups -OCH3 is 3. The summed E-state index contributed by atoms with van der Waals surface area (Å²) in [4.78, 5) is 26.2. The first-order valence-corrected chi connectivity index (χ1v) is 11.1. The summed E-state index contributed by atoms with van der Waals surface area (Å²) < 4.78 is 47.9. The minimum atomic E-state index is -3.97. The molecule has 0 spiro atoms. The zero-order chi connectivity index (χ0) is 24.1. The fraction of sp³-hybridized carbons (Fsp3) is 0.429. The van der Waals surface area contributed by atoms with Gasteiger partial charge in [-0.25, -0.2) is 13.1 Å². The van der Waals surface area contributed by atoms with Crippen molar-refractivity contribution in [1.29, 1.82) is 0 Å². The van der Waals surface area contributed by atoms with Gasteiger partial charge in [0.1, 0.15) is 18.0 Å². The molecule has 1 N–H and O–H groups in total. The minimum Gasteiger partial charge on any atom is -0.497 e. The van der Waals surface area contributed by atoms with Crippen LogP contribution in [-0.2, 0) is 26.1 Å². The normalized spacial score (nSPS) is 11.7. The van der Waals surface area contributed by atoms with Crippen molar-refractivity contribution >= 4 is 21.9 Å². The number of amides is 1. The molecule has 11 heteroatoms. The third-order valence-corrected chi connectivity index (χ3v) is 5.75. The molecule has 2 aromatic rings. The van der Waals surface area contributed by atoms with Crippen molar-refractivity contribution in [2.24, 2.45) is 0 Å². The molecule has 0 aliphatic heterocycles.